The van der Waals surface area contributed by atoms with Crippen LogP contribution in [0.4, 0.5) is 0 Å². The van der Waals surface area contributed by atoms with Gasteiger partial charge >= 0.3 is 0 Å². The summed E-state index contributed by atoms with van der Waals surface area (Å²) in [5.74, 6) is 0.113. The average Bonchev–Trinajstić information content (AvgIpc) is 3.04. The summed E-state index contributed by atoms with van der Waals surface area (Å²) in [6.45, 7) is 1.17. The molecular weight excluding hydrogens is 274 g/mol. The van der Waals surface area contributed by atoms with E-state index >= 15 is 0 Å². The van der Waals surface area contributed by atoms with Crippen molar-refractivity contribution in [1.82, 2.24) is 10.2 Å². The predicted octanol–water partition coefficient (Wildman–Crippen LogP) is 2.98. The zero-order chi connectivity index (χ0) is 15.4. The van der Waals surface area contributed by atoms with Crippen LogP contribution in [0.2, 0.25) is 0 Å². The maximum absolute atomic E-state index is 12.3. The molecule has 1 heterocycles. The molecular formula is C18H29N3O. The Morgan fingerprint density at radius 3 is 2.50 bits per heavy atom. The Kier molecular flexibility index (Phi) is 5.03. The molecule has 0 bridgehead atoms. The zero-order valence-electron chi connectivity index (χ0n) is 13.6. The normalized spacial score (nSPS) is 28.7. The third-order valence-electron chi connectivity index (χ3n) is 6.22. The van der Waals surface area contributed by atoms with E-state index in [0.717, 1.165) is 19.4 Å². The van der Waals surface area contributed by atoms with Crippen LogP contribution in [-0.2, 0) is 4.79 Å². The van der Waals surface area contributed by atoms with E-state index in [0.29, 0.717) is 18.0 Å². The Bertz CT molecular complexity index is 426. The molecule has 1 saturated heterocycles. The van der Waals surface area contributed by atoms with Gasteiger partial charge in [-0.25, -0.2) is 0 Å². The van der Waals surface area contributed by atoms with Gasteiger partial charge in [0.05, 0.1) is 12.6 Å². The van der Waals surface area contributed by atoms with Crippen LogP contribution in [0.3, 0.4) is 0 Å². The van der Waals surface area contributed by atoms with E-state index in [9.17, 15) is 4.79 Å². The second-order valence-electron chi connectivity index (χ2n) is 7.59. The Labute approximate surface area is 134 Å². The fraction of sp³-hybridized carbons (Fsp3) is 0.889. The number of nitrogens with zero attached hydrogens (tertiary/aromatic N) is 2. The van der Waals surface area contributed by atoms with E-state index < -0.39 is 0 Å². The Balaban J connectivity index is 1.41. The van der Waals surface area contributed by atoms with E-state index in [1.807, 2.05) is 0 Å². The van der Waals surface area contributed by atoms with Gasteiger partial charge < -0.3 is 10.2 Å². The van der Waals surface area contributed by atoms with Crippen LogP contribution in [0.5, 0.6) is 0 Å². The number of nitriles is 1. The van der Waals surface area contributed by atoms with Gasteiger partial charge in [0.25, 0.3) is 0 Å². The Hall–Kier alpha value is -1.08. The van der Waals surface area contributed by atoms with Gasteiger partial charge in [-0.2, -0.15) is 5.26 Å². The summed E-state index contributed by atoms with van der Waals surface area (Å²) in [6.07, 6.45) is 14.0. The number of amides is 1. The number of hydrogen-bond donors (Lipinski definition) is 1. The number of likely N-dealkylation sites (tertiary alicyclic amines) is 1. The van der Waals surface area contributed by atoms with Crippen molar-refractivity contribution in [3.05, 3.63) is 0 Å². The van der Waals surface area contributed by atoms with Crippen LogP contribution in [0, 0.1) is 16.7 Å². The van der Waals surface area contributed by atoms with Gasteiger partial charge in [-0.1, -0.05) is 19.3 Å². The van der Waals surface area contributed by atoms with E-state index in [4.69, 9.17) is 5.26 Å². The van der Waals surface area contributed by atoms with Crippen molar-refractivity contribution in [2.45, 2.75) is 82.7 Å². The quantitative estimate of drug-likeness (QED) is 0.872. The Morgan fingerprint density at radius 1 is 1.09 bits per heavy atom. The van der Waals surface area contributed by atoms with E-state index in [-0.39, 0.29) is 11.9 Å². The summed E-state index contributed by atoms with van der Waals surface area (Å²) < 4.78 is 0. The van der Waals surface area contributed by atoms with Gasteiger partial charge in [0.15, 0.2) is 0 Å². The van der Waals surface area contributed by atoms with Crippen molar-refractivity contribution < 1.29 is 4.79 Å². The fourth-order valence-corrected chi connectivity index (χ4v) is 4.77. The molecule has 3 rings (SSSR count). The molecule has 22 heavy (non-hydrogen) atoms. The van der Waals surface area contributed by atoms with Crippen molar-refractivity contribution in [2.24, 2.45) is 5.41 Å². The Morgan fingerprint density at radius 2 is 1.82 bits per heavy atom. The van der Waals surface area contributed by atoms with Gasteiger partial charge in [0.2, 0.25) is 5.91 Å². The second kappa shape index (κ2) is 7.00. The molecule has 0 aromatic carbocycles. The second-order valence-corrected chi connectivity index (χ2v) is 7.59. The topological polar surface area (TPSA) is 56.1 Å². The van der Waals surface area contributed by atoms with Gasteiger partial charge in [0.1, 0.15) is 6.04 Å². The summed E-state index contributed by atoms with van der Waals surface area (Å²) in [7, 11) is 0. The molecule has 0 aromatic rings. The van der Waals surface area contributed by atoms with Crippen LogP contribution < -0.4 is 5.32 Å². The molecule has 4 heteroatoms. The van der Waals surface area contributed by atoms with Gasteiger partial charge in [-0.3, -0.25) is 4.79 Å². The molecule has 3 aliphatic rings. The molecule has 0 aromatic heterocycles. The molecule has 4 nitrogen and oxygen atoms in total. The minimum absolute atomic E-state index is 0.113. The van der Waals surface area contributed by atoms with Crippen LogP contribution in [0.25, 0.3) is 0 Å². The van der Waals surface area contributed by atoms with Crippen molar-refractivity contribution >= 4 is 5.91 Å². The average molecular weight is 303 g/mol. The number of carbonyl (C=O) groups excluding carboxylic acids is 1. The van der Waals surface area contributed by atoms with Crippen LogP contribution in [0.15, 0.2) is 0 Å². The maximum atomic E-state index is 12.3. The lowest BCUT2D eigenvalue weighted by Crippen LogP contribution is -2.45. The molecule has 0 unspecified atom stereocenters. The summed E-state index contributed by atoms with van der Waals surface area (Å²) in [6, 6.07) is 2.56. The van der Waals surface area contributed by atoms with Gasteiger partial charge in [-0.05, 0) is 56.8 Å². The zero-order valence-corrected chi connectivity index (χ0v) is 13.6. The highest BCUT2D eigenvalue weighted by Crippen LogP contribution is 2.47. The summed E-state index contributed by atoms with van der Waals surface area (Å²) in [5, 5.41) is 12.5. The monoisotopic (exact) mass is 303 g/mol. The highest BCUT2D eigenvalue weighted by Gasteiger charge is 2.36. The van der Waals surface area contributed by atoms with E-state index in [1.54, 1.807) is 4.90 Å². The molecule has 1 atom stereocenters. The first-order valence-electron chi connectivity index (χ1n) is 9.15. The fourth-order valence-electron chi connectivity index (χ4n) is 4.77. The van der Waals surface area contributed by atoms with Crippen LogP contribution in [0.1, 0.15) is 70.6 Å². The molecule has 2 saturated carbocycles. The summed E-state index contributed by atoms with van der Waals surface area (Å²) in [5.41, 5.74) is 0.640. The van der Waals surface area contributed by atoms with Crippen molar-refractivity contribution in [2.75, 3.05) is 13.1 Å². The standard InChI is InChI=1S/C18H29N3O/c19-13-16-5-4-12-21(16)17(22)14-20-15-6-10-18(11-7-15)8-2-1-3-9-18/h15-16,20H,1-12,14H2/t16-/m0/s1. The summed E-state index contributed by atoms with van der Waals surface area (Å²) in [4.78, 5) is 14.0. The molecule has 1 spiro atoms. The largest absolute Gasteiger partial charge is 0.326 e. The molecule has 3 fully saturated rings. The predicted molar refractivity (Wildman–Crippen MR) is 86.1 cm³/mol. The number of rotatable bonds is 3. The van der Waals surface area contributed by atoms with E-state index in [2.05, 4.69) is 11.4 Å². The molecule has 122 valence electrons. The van der Waals surface area contributed by atoms with Crippen molar-refractivity contribution in [1.29, 1.82) is 5.26 Å². The molecule has 1 N–H and O–H groups in total. The molecule has 0 radical (unpaired) electrons. The van der Waals surface area contributed by atoms with Gasteiger partial charge in [-0.15, -0.1) is 0 Å². The third kappa shape index (κ3) is 3.46. The van der Waals surface area contributed by atoms with E-state index in [1.165, 1.54) is 57.8 Å². The van der Waals surface area contributed by atoms with Crippen molar-refractivity contribution in [3.8, 4) is 6.07 Å². The van der Waals surface area contributed by atoms with Gasteiger partial charge in [0, 0.05) is 12.6 Å². The SMILES string of the molecule is N#C[C@@H]1CCCN1C(=O)CNC1CCC2(CCCCC2)CC1. The van der Waals surface area contributed by atoms with Crippen LogP contribution in [-0.4, -0.2) is 36.0 Å². The number of carbonyl (C=O) groups is 1. The lowest BCUT2D eigenvalue weighted by Gasteiger charge is -2.43. The number of hydrogen-bond acceptors (Lipinski definition) is 3. The molecule has 1 amide bonds. The van der Waals surface area contributed by atoms with Crippen molar-refractivity contribution in [3.63, 3.8) is 0 Å². The highest BCUT2D eigenvalue weighted by atomic mass is 16.2. The first-order valence-corrected chi connectivity index (χ1v) is 9.15. The highest BCUT2D eigenvalue weighted by molar-refractivity contribution is 5.79. The third-order valence-corrected chi connectivity index (χ3v) is 6.22. The first kappa shape index (κ1) is 15.8. The maximum Gasteiger partial charge on any atom is 0.237 e. The first-order chi connectivity index (χ1) is 10.7. The summed E-state index contributed by atoms with van der Waals surface area (Å²) >= 11 is 0. The minimum Gasteiger partial charge on any atom is -0.326 e. The smallest absolute Gasteiger partial charge is 0.237 e. The minimum atomic E-state index is -0.189. The number of nitrogens with one attached hydrogen (secondary N) is 1. The molecule has 1 aliphatic heterocycles. The molecule has 2 aliphatic carbocycles. The lowest BCUT2D eigenvalue weighted by atomic mass is 9.64. The lowest BCUT2D eigenvalue weighted by molar-refractivity contribution is -0.130. The van der Waals surface area contributed by atoms with Crippen LogP contribution >= 0.6 is 0 Å².